The largest absolute Gasteiger partial charge is 0.379 e. The lowest BCUT2D eigenvalue weighted by atomic mass is 10.3. The SMILES string of the molecule is CN=C(NCCCOC1CCOC1)NCC(C)SC. The van der Waals surface area contributed by atoms with Crippen molar-refractivity contribution in [2.75, 3.05) is 46.2 Å². The molecule has 0 amide bonds. The molecule has 0 saturated carbocycles. The van der Waals surface area contributed by atoms with Gasteiger partial charge in [0.05, 0.1) is 12.7 Å². The summed E-state index contributed by atoms with van der Waals surface area (Å²) in [5.41, 5.74) is 0. The van der Waals surface area contributed by atoms with Gasteiger partial charge in [0.15, 0.2) is 5.96 Å². The molecule has 6 heteroatoms. The van der Waals surface area contributed by atoms with Gasteiger partial charge in [0.2, 0.25) is 0 Å². The minimum atomic E-state index is 0.305. The van der Waals surface area contributed by atoms with Crippen LogP contribution < -0.4 is 10.6 Å². The molecule has 1 aliphatic rings. The van der Waals surface area contributed by atoms with Crippen molar-refractivity contribution < 1.29 is 9.47 Å². The molecule has 2 unspecified atom stereocenters. The van der Waals surface area contributed by atoms with E-state index in [1.807, 2.05) is 11.8 Å². The molecule has 1 aliphatic heterocycles. The number of thioether (sulfide) groups is 1. The third kappa shape index (κ3) is 7.64. The second kappa shape index (κ2) is 10.3. The molecular formula is C13H27N3O2S. The van der Waals surface area contributed by atoms with E-state index in [4.69, 9.17) is 9.47 Å². The Bertz CT molecular complexity index is 258. The van der Waals surface area contributed by atoms with Crippen LogP contribution in [-0.2, 0) is 9.47 Å². The monoisotopic (exact) mass is 289 g/mol. The lowest BCUT2D eigenvalue weighted by Crippen LogP contribution is -2.40. The number of aliphatic imine (C=N–C) groups is 1. The van der Waals surface area contributed by atoms with Crippen molar-refractivity contribution in [2.24, 2.45) is 4.99 Å². The van der Waals surface area contributed by atoms with Gasteiger partial charge in [-0.05, 0) is 19.1 Å². The highest BCUT2D eigenvalue weighted by atomic mass is 32.2. The standard InChI is InChI=1S/C13H27N3O2S/c1-11(19-3)9-16-13(14-2)15-6-4-7-18-12-5-8-17-10-12/h11-12H,4-10H2,1-3H3,(H2,14,15,16). The summed E-state index contributed by atoms with van der Waals surface area (Å²) in [5.74, 6) is 0.866. The van der Waals surface area contributed by atoms with E-state index in [1.165, 1.54) is 0 Å². The molecule has 1 saturated heterocycles. The summed E-state index contributed by atoms with van der Waals surface area (Å²) in [7, 11) is 1.80. The summed E-state index contributed by atoms with van der Waals surface area (Å²) in [6.45, 7) is 6.37. The van der Waals surface area contributed by atoms with Crippen LogP contribution in [0.15, 0.2) is 4.99 Å². The van der Waals surface area contributed by atoms with Crippen molar-refractivity contribution in [2.45, 2.75) is 31.1 Å². The van der Waals surface area contributed by atoms with Crippen molar-refractivity contribution >= 4 is 17.7 Å². The van der Waals surface area contributed by atoms with Crippen LogP contribution >= 0.6 is 11.8 Å². The average Bonchev–Trinajstić information content (AvgIpc) is 2.94. The van der Waals surface area contributed by atoms with E-state index in [0.29, 0.717) is 11.4 Å². The van der Waals surface area contributed by atoms with E-state index < -0.39 is 0 Å². The molecule has 5 nitrogen and oxygen atoms in total. The fourth-order valence-electron chi connectivity index (χ4n) is 1.72. The summed E-state index contributed by atoms with van der Waals surface area (Å²) >= 11 is 1.85. The molecule has 1 heterocycles. The van der Waals surface area contributed by atoms with E-state index >= 15 is 0 Å². The first-order chi connectivity index (χ1) is 9.26. The molecule has 1 fully saturated rings. The molecule has 19 heavy (non-hydrogen) atoms. The van der Waals surface area contributed by atoms with Gasteiger partial charge in [0, 0.05) is 38.6 Å². The maximum atomic E-state index is 5.71. The zero-order valence-corrected chi connectivity index (χ0v) is 13.1. The van der Waals surface area contributed by atoms with Crippen LogP contribution in [0, 0.1) is 0 Å². The Morgan fingerprint density at radius 2 is 2.37 bits per heavy atom. The summed E-state index contributed by atoms with van der Waals surface area (Å²) in [4.78, 5) is 4.19. The first-order valence-electron chi connectivity index (χ1n) is 6.93. The molecule has 1 rings (SSSR count). The number of nitrogens with one attached hydrogen (secondary N) is 2. The highest BCUT2D eigenvalue weighted by Crippen LogP contribution is 2.07. The first kappa shape index (κ1) is 16.6. The predicted molar refractivity (Wildman–Crippen MR) is 82.1 cm³/mol. The second-order valence-corrected chi connectivity index (χ2v) is 5.91. The fraction of sp³-hybridized carbons (Fsp3) is 0.923. The van der Waals surface area contributed by atoms with E-state index in [-0.39, 0.29) is 0 Å². The van der Waals surface area contributed by atoms with Crippen LogP contribution in [-0.4, -0.2) is 63.5 Å². The lowest BCUT2D eigenvalue weighted by molar-refractivity contribution is 0.0420. The van der Waals surface area contributed by atoms with Crippen LogP contribution in [0.3, 0.4) is 0 Å². The molecule has 0 aliphatic carbocycles. The van der Waals surface area contributed by atoms with Crippen LogP contribution in [0.1, 0.15) is 19.8 Å². The third-order valence-corrected chi connectivity index (χ3v) is 4.01. The Kier molecular flexibility index (Phi) is 9.03. The Hall–Kier alpha value is -0.460. The van der Waals surface area contributed by atoms with Crippen LogP contribution in [0.2, 0.25) is 0 Å². The Labute approximate surface area is 120 Å². The zero-order chi connectivity index (χ0) is 13.9. The molecular weight excluding hydrogens is 262 g/mol. The number of hydrogen-bond donors (Lipinski definition) is 2. The van der Waals surface area contributed by atoms with Crippen molar-refractivity contribution in [3.05, 3.63) is 0 Å². The van der Waals surface area contributed by atoms with Crippen LogP contribution in [0.25, 0.3) is 0 Å². The number of hydrogen-bond acceptors (Lipinski definition) is 4. The van der Waals surface area contributed by atoms with Gasteiger partial charge in [0.1, 0.15) is 0 Å². The van der Waals surface area contributed by atoms with Gasteiger partial charge in [-0.1, -0.05) is 6.92 Å². The third-order valence-electron chi connectivity index (χ3n) is 3.04. The number of nitrogens with zero attached hydrogens (tertiary/aromatic N) is 1. The lowest BCUT2D eigenvalue weighted by Gasteiger charge is -2.15. The molecule has 2 atom stereocenters. The minimum absolute atomic E-state index is 0.305. The molecule has 0 aromatic rings. The number of ether oxygens (including phenoxy) is 2. The van der Waals surface area contributed by atoms with Gasteiger partial charge >= 0.3 is 0 Å². The van der Waals surface area contributed by atoms with Crippen molar-refractivity contribution in [3.8, 4) is 0 Å². The Balaban J connectivity index is 1.99. The highest BCUT2D eigenvalue weighted by molar-refractivity contribution is 7.99. The van der Waals surface area contributed by atoms with Gasteiger partial charge in [-0.2, -0.15) is 11.8 Å². The second-order valence-electron chi connectivity index (χ2n) is 4.64. The van der Waals surface area contributed by atoms with Crippen molar-refractivity contribution in [1.82, 2.24) is 10.6 Å². The average molecular weight is 289 g/mol. The van der Waals surface area contributed by atoms with E-state index in [1.54, 1.807) is 7.05 Å². The summed E-state index contributed by atoms with van der Waals surface area (Å²) in [6.07, 6.45) is 4.44. The highest BCUT2D eigenvalue weighted by Gasteiger charge is 2.15. The van der Waals surface area contributed by atoms with Gasteiger partial charge in [0.25, 0.3) is 0 Å². The fourth-order valence-corrected chi connectivity index (χ4v) is 1.97. The van der Waals surface area contributed by atoms with Crippen molar-refractivity contribution in [1.29, 1.82) is 0 Å². The molecule has 2 N–H and O–H groups in total. The topological polar surface area (TPSA) is 54.9 Å². The maximum Gasteiger partial charge on any atom is 0.191 e. The van der Waals surface area contributed by atoms with E-state index in [9.17, 15) is 0 Å². The number of guanidine groups is 1. The van der Waals surface area contributed by atoms with Gasteiger partial charge < -0.3 is 20.1 Å². The van der Waals surface area contributed by atoms with Gasteiger partial charge in [-0.3, -0.25) is 4.99 Å². The van der Waals surface area contributed by atoms with Crippen molar-refractivity contribution in [3.63, 3.8) is 0 Å². The molecule has 0 spiro atoms. The molecule has 112 valence electrons. The smallest absolute Gasteiger partial charge is 0.191 e. The zero-order valence-electron chi connectivity index (χ0n) is 12.3. The van der Waals surface area contributed by atoms with E-state index in [2.05, 4.69) is 28.8 Å². The minimum Gasteiger partial charge on any atom is -0.379 e. The quantitative estimate of drug-likeness (QED) is 0.398. The first-order valence-corrected chi connectivity index (χ1v) is 8.21. The summed E-state index contributed by atoms with van der Waals surface area (Å²) in [5, 5.41) is 7.19. The summed E-state index contributed by atoms with van der Waals surface area (Å²) < 4.78 is 11.0. The van der Waals surface area contributed by atoms with Gasteiger partial charge in [-0.25, -0.2) is 0 Å². The van der Waals surface area contributed by atoms with Crippen LogP contribution in [0.4, 0.5) is 0 Å². The molecule has 0 radical (unpaired) electrons. The summed E-state index contributed by atoms with van der Waals surface area (Å²) in [6, 6.07) is 0. The molecule has 0 aromatic heterocycles. The maximum absolute atomic E-state index is 5.71. The normalized spacial score (nSPS) is 21.4. The predicted octanol–water partition coefficient (Wildman–Crippen LogP) is 1.10. The molecule has 0 bridgehead atoms. The Morgan fingerprint density at radius 3 is 3.00 bits per heavy atom. The molecule has 0 aromatic carbocycles. The van der Waals surface area contributed by atoms with Crippen LogP contribution in [0.5, 0.6) is 0 Å². The van der Waals surface area contributed by atoms with Gasteiger partial charge in [-0.15, -0.1) is 0 Å². The Morgan fingerprint density at radius 1 is 1.53 bits per heavy atom. The van der Waals surface area contributed by atoms with E-state index in [0.717, 1.165) is 51.7 Å². The number of rotatable bonds is 8.